The Labute approximate surface area is 217 Å². The number of alkyl halides is 1. The predicted molar refractivity (Wildman–Crippen MR) is 143 cm³/mol. The number of fused-ring (bicyclic) bond motifs is 2. The zero-order valence-electron chi connectivity index (χ0n) is 19.7. The molecule has 0 amide bonds. The first kappa shape index (κ1) is 24.6. The van der Waals surface area contributed by atoms with Crippen LogP contribution >= 0.6 is 23.2 Å². The van der Waals surface area contributed by atoms with E-state index in [1.165, 1.54) is 6.07 Å². The minimum atomic E-state index is -1.75. The standard InChI is InChI=1S/C28H25Cl2FN2O3/c1-27(2)14-28(36,15-31)26(19-9-11-20(30)25(35)24(19)27)32-21-7-4-8-22-18(21)10-12-23(34)33(22)17-6-3-5-16(29)13-17/h3-13,26,32,35-36H,14-15H2,1-2H3. The van der Waals surface area contributed by atoms with Crippen LogP contribution in [-0.2, 0) is 5.41 Å². The van der Waals surface area contributed by atoms with Crippen LogP contribution in [0.15, 0.2) is 71.5 Å². The van der Waals surface area contributed by atoms with Crippen molar-refractivity contribution in [2.45, 2.75) is 37.3 Å². The number of pyridine rings is 1. The fourth-order valence-corrected chi connectivity index (χ4v) is 5.89. The third-order valence-electron chi connectivity index (χ3n) is 6.97. The van der Waals surface area contributed by atoms with E-state index >= 15 is 0 Å². The normalized spacial score (nSPS) is 20.8. The minimum absolute atomic E-state index is 0.0626. The molecule has 0 spiro atoms. The molecule has 0 saturated heterocycles. The SMILES string of the molecule is CC1(C)CC(O)(CF)C(Nc2cccc3c2ccc(=O)n3-c2cccc(Cl)c2)c2ccc(Cl)c(O)c21. The lowest BCUT2D eigenvalue weighted by Gasteiger charge is -2.47. The number of nitrogens with one attached hydrogen (secondary N) is 1. The zero-order valence-corrected chi connectivity index (χ0v) is 21.2. The highest BCUT2D eigenvalue weighted by atomic mass is 35.5. The summed E-state index contributed by atoms with van der Waals surface area (Å²) in [6.45, 7) is 2.70. The Bertz CT molecular complexity index is 1550. The van der Waals surface area contributed by atoms with Crippen molar-refractivity contribution in [3.8, 4) is 11.4 Å². The molecule has 1 aromatic heterocycles. The average molecular weight is 527 g/mol. The monoisotopic (exact) mass is 526 g/mol. The molecule has 1 heterocycles. The maximum Gasteiger partial charge on any atom is 0.255 e. The molecule has 0 aliphatic heterocycles. The van der Waals surface area contributed by atoms with Gasteiger partial charge in [-0.3, -0.25) is 9.36 Å². The average Bonchev–Trinajstić information content (AvgIpc) is 2.83. The van der Waals surface area contributed by atoms with Gasteiger partial charge in [-0.15, -0.1) is 0 Å². The Balaban J connectivity index is 1.70. The third-order valence-corrected chi connectivity index (χ3v) is 7.51. The van der Waals surface area contributed by atoms with Crippen LogP contribution in [0.2, 0.25) is 10.0 Å². The first-order valence-electron chi connectivity index (χ1n) is 11.5. The number of aromatic nitrogens is 1. The Morgan fingerprint density at radius 1 is 1.08 bits per heavy atom. The highest BCUT2D eigenvalue weighted by molar-refractivity contribution is 6.32. The van der Waals surface area contributed by atoms with Crippen molar-refractivity contribution in [2.24, 2.45) is 0 Å². The second-order valence-electron chi connectivity index (χ2n) is 9.96. The van der Waals surface area contributed by atoms with Crippen molar-refractivity contribution in [1.82, 2.24) is 4.57 Å². The topological polar surface area (TPSA) is 74.5 Å². The molecule has 0 radical (unpaired) electrons. The van der Waals surface area contributed by atoms with Crippen LogP contribution in [0.1, 0.15) is 37.4 Å². The first-order valence-corrected chi connectivity index (χ1v) is 12.3. The van der Waals surface area contributed by atoms with E-state index in [9.17, 15) is 19.4 Å². The molecule has 1 aliphatic rings. The number of aliphatic hydroxyl groups is 1. The van der Waals surface area contributed by atoms with Crippen LogP contribution in [0.25, 0.3) is 16.6 Å². The Morgan fingerprint density at radius 3 is 2.56 bits per heavy atom. The fourth-order valence-electron chi connectivity index (χ4n) is 5.55. The summed E-state index contributed by atoms with van der Waals surface area (Å²) < 4.78 is 16.0. The van der Waals surface area contributed by atoms with E-state index in [0.29, 0.717) is 38.4 Å². The first-order chi connectivity index (χ1) is 17.1. The molecule has 3 N–H and O–H groups in total. The number of hydrogen-bond acceptors (Lipinski definition) is 4. The van der Waals surface area contributed by atoms with Crippen molar-refractivity contribution in [3.63, 3.8) is 0 Å². The van der Waals surface area contributed by atoms with Crippen molar-refractivity contribution >= 4 is 39.8 Å². The molecule has 186 valence electrons. The minimum Gasteiger partial charge on any atom is -0.506 e. The van der Waals surface area contributed by atoms with Gasteiger partial charge in [0.15, 0.2) is 0 Å². The van der Waals surface area contributed by atoms with Crippen LogP contribution in [-0.4, -0.2) is 27.1 Å². The summed E-state index contributed by atoms with van der Waals surface area (Å²) in [6, 6.07) is 17.9. The summed E-state index contributed by atoms with van der Waals surface area (Å²) in [6.07, 6.45) is 0.0626. The van der Waals surface area contributed by atoms with Gasteiger partial charge in [-0.25, -0.2) is 4.39 Å². The molecule has 36 heavy (non-hydrogen) atoms. The zero-order chi connectivity index (χ0) is 25.8. The Kier molecular flexibility index (Phi) is 6.02. The molecule has 2 unspecified atom stereocenters. The van der Waals surface area contributed by atoms with E-state index in [-0.39, 0.29) is 22.8 Å². The third kappa shape index (κ3) is 3.94. The largest absolute Gasteiger partial charge is 0.506 e. The number of aromatic hydroxyl groups is 1. The Morgan fingerprint density at radius 2 is 1.83 bits per heavy atom. The molecule has 5 rings (SSSR count). The summed E-state index contributed by atoms with van der Waals surface area (Å²) >= 11 is 12.4. The van der Waals surface area contributed by atoms with Gasteiger partial charge in [-0.05, 0) is 59.9 Å². The lowest BCUT2D eigenvalue weighted by atomic mass is 9.64. The van der Waals surface area contributed by atoms with Gasteiger partial charge in [-0.2, -0.15) is 0 Å². The fraction of sp³-hybridized carbons (Fsp3) is 0.250. The van der Waals surface area contributed by atoms with Gasteiger partial charge in [0, 0.05) is 27.7 Å². The van der Waals surface area contributed by atoms with Gasteiger partial charge in [0.1, 0.15) is 18.0 Å². The highest BCUT2D eigenvalue weighted by Crippen LogP contribution is 2.53. The molecule has 0 bridgehead atoms. The lowest BCUT2D eigenvalue weighted by molar-refractivity contribution is -0.0347. The molecule has 1 aliphatic carbocycles. The predicted octanol–water partition coefficient (Wildman–Crippen LogP) is 6.54. The van der Waals surface area contributed by atoms with Gasteiger partial charge in [0.05, 0.1) is 22.3 Å². The lowest BCUT2D eigenvalue weighted by Crippen LogP contribution is -2.51. The molecule has 4 aromatic rings. The van der Waals surface area contributed by atoms with Gasteiger partial charge in [0.25, 0.3) is 5.56 Å². The van der Waals surface area contributed by atoms with Gasteiger partial charge in [0.2, 0.25) is 0 Å². The van der Waals surface area contributed by atoms with Crippen molar-refractivity contribution in [1.29, 1.82) is 0 Å². The maximum absolute atomic E-state index is 14.5. The molecular weight excluding hydrogens is 502 g/mol. The molecule has 8 heteroatoms. The summed E-state index contributed by atoms with van der Waals surface area (Å²) in [5.74, 6) is -0.0698. The number of phenols is 1. The van der Waals surface area contributed by atoms with Crippen molar-refractivity contribution in [3.05, 3.63) is 98.3 Å². The van der Waals surface area contributed by atoms with Crippen molar-refractivity contribution in [2.75, 3.05) is 12.0 Å². The summed E-state index contributed by atoms with van der Waals surface area (Å²) in [5, 5.41) is 27.0. The summed E-state index contributed by atoms with van der Waals surface area (Å²) in [4.78, 5) is 12.9. The Hall–Kier alpha value is -3.06. The summed E-state index contributed by atoms with van der Waals surface area (Å²) in [7, 11) is 0. The second-order valence-corrected chi connectivity index (χ2v) is 10.8. The quantitative estimate of drug-likeness (QED) is 0.282. The second kappa shape index (κ2) is 8.80. The molecule has 5 nitrogen and oxygen atoms in total. The molecule has 3 aromatic carbocycles. The number of benzene rings is 3. The van der Waals surface area contributed by atoms with Gasteiger partial charge < -0.3 is 15.5 Å². The smallest absolute Gasteiger partial charge is 0.255 e. The number of rotatable bonds is 4. The molecule has 2 atom stereocenters. The van der Waals surface area contributed by atoms with Crippen LogP contribution in [0.3, 0.4) is 0 Å². The molecular formula is C28H25Cl2FN2O3. The maximum atomic E-state index is 14.5. The van der Waals surface area contributed by atoms with E-state index in [1.807, 2.05) is 26.0 Å². The van der Waals surface area contributed by atoms with Gasteiger partial charge >= 0.3 is 0 Å². The van der Waals surface area contributed by atoms with E-state index < -0.39 is 23.7 Å². The van der Waals surface area contributed by atoms with E-state index in [0.717, 1.165) is 0 Å². The number of phenolic OH excluding ortho intramolecular Hbond substituents is 1. The van der Waals surface area contributed by atoms with Gasteiger partial charge in [-0.1, -0.05) is 55.2 Å². The molecule has 0 fully saturated rings. The van der Waals surface area contributed by atoms with Crippen LogP contribution < -0.4 is 10.9 Å². The van der Waals surface area contributed by atoms with Crippen LogP contribution in [0.5, 0.6) is 5.75 Å². The highest BCUT2D eigenvalue weighted by Gasteiger charge is 2.50. The number of halogens is 3. The molecule has 0 saturated carbocycles. The number of hydrogen-bond donors (Lipinski definition) is 3. The van der Waals surface area contributed by atoms with E-state index in [1.54, 1.807) is 53.1 Å². The summed E-state index contributed by atoms with van der Waals surface area (Å²) in [5.41, 5.74) is 0.255. The number of nitrogens with zero attached hydrogens (tertiary/aromatic N) is 1. The number of anilines is 1. The van der Waals surface area contributed by atoms with E-state index in [2.05, 4.69) is 5.32 Å². The van der Waals surface area contributed by atoms with E-state index in [4.69, 9.17) is 23.2 Å². The van der Waals surface area contributed by atoms with Crippen LogP contribution in [0.4, 0.5) is 10.1 Å². The van der Waals surface area contributed by atoms with Crippen LogP contribution in [0, 0.1) is 0 Å². The van der Waals surface area contributed by atoms with Crippen molar-refractivity contribution < 1.29 is 14.6 Å².